The van der Waals surface area contributed by atoms with E-state index in [2.05, 4.69) is 0 Å². The minimum Gasteiger partial charge on any atom is -0.479 e. The number of likely N-dealkylation sites (tertiary alicyclic amines) is 1. The topological polar surface area (TPSA) is 60.9 Å². The highest BCUT2D eigenvalue weighted by Gasteiger charge is 2.49. The number of carboxylic acids is 1. The SMILES string of the molecule is CCN(C(=O)N1CCCC1(CC)C(=O)O)C(C)C. The molecular formula is C13H24N2O3. The first-order valence-electron chi connectivity index (χ1n) is 6.72. The van der Waals surface area contributed by atoms with E-state index in [-0.39, 0.29) is 12.1 Å². The molecular weight excluding hydrogens is 232 g/mol. The van der Waals surface area contributed by atoms with Gasteiger partial charge in [-0.05, 0) is 40.0 Å². The van der Waals surface area contributed by atoms with Crippen LogP contribution in [0.3, 0.4) is 0 Å². The van der Waals surface area contributed by atoms with Crippen molar-refractivity contribution in [1.29, 1.82) is 0 Å². The average Bonchev–Trinajstić information content (AvgIpc) is 2.73. The summed E-state index contributed by atoms with van der Waals surface area (Å²) in [6.45, 7) is 8.81. The molecule has 0 radical (unpaired) electrons. The van der Waals surface area contributed by atoms with E-state index in [1.165, 1.54) is 0 Å². The van der Waals surface area contributed by atoms with Crippen molar-refractivity contribution in [3.63, 3.8) is 0 Å². The Morgan fingerprint density at radius 1 is 1.39 bits per heavy atom. The summed E-state index contributed by atoms with van der Waals surface area (Å²) >= 11 is 0. The minimum atomic E-state index is -1.00. The van der Waals surface area contributed by atoms with Crippen LogP contribution in [-0.2, 0) is 4.79 Å². The van der Waals surface area contributed by atoms with Crippen LogP contribution in [0, 0.1) is 0 Å². The molecule has 5 nitrogen and oxygen atoms in total. The van der Waals surface area contributed by atoms with Crippen LogP contribution in [0.4, 0.5) is 4.79 Å². The molecule has 1 N–H and O–H groups in total. The first-order valence-corrected chi connectivity index (χ1v) is 6.72. The van der Waals surface area contributed by atoms with Gasteiger partial charge < -0.3 is 14.9 Å². The molecule has 0 bridgehead atoms. The summed E-state index contributed by atoms with van der Waals surface area (Å²) in [6.07, 6.45) is 1.78. The summed E-state index contributed by atoms with van der Waals surface area (Å²) < 4.78 is 0. The Kier molecular flexibility index (Phi) is 4.59. The molecule has 5 heteroatoms. The Hall–Kier alpha value is -1.26. The fraction of sp³-hybridized carbons (Fsp3) is 0.846. The number of rotatable bonds is 4. The third-order valence-electron chi connectivity index (χ3n) is 3.91. The monoisotopic (exact) mass is 256 g/mol. The van der Waals surface area contributed by atoms with Crippen LogP contribution >= 0.6 is 0 Å². The van der Waals surface area contributed by atoms with Crippen LogP contribution in [-0.4, -0.2) is 51.6 Å². The van der Waals surface area contributed by atoms with Crippen LogP contribution in [0.25, 0.3) is 0 Å². The summed E-state index contributed by atoms with van der Waals surface area (Å²) in [4.78, 5) is 27.3. The predicted molar refractivity (Wildman–Crippen MR) is 69.5 cm³/mol. The lowest BCUT2D eigenvalue weighted by Gasteiger charge is -2.38. The molecule has 104 valence electrons. The number of hydrogen-bond acceptors (Lipinski definition) is 2. The molecule has 2 amide bonds. The lowest BCUT2D eigenvalue weighted by molar-refractivity contribution is -0.148. The molecule has 1 saturated heterocycles. The van der Waals surface area contributed by atoms with Gasteiger partial charge in [-0.3, -0.25) is 0 Å². The molecule has 1 rings (SSSR count). The Labute approximate surface area is 109 Å². The molecule has 18 heavy (non-hydrogen) atoms. The average molecular weight is 256 g/mol. The number of nitrogens with zero attached hydrogens (tertiary/aromatic N) is 2. The predicted octanol–water partition coefficient (Wildman–Crippen LogP) is 2.17. The van der Waals surface area contributed by atoms with Gasteiger partial charge in [-0.2, -0.15) is 0 Å². The Balaban J connectivity index is 3.00. The third kappa shape index (κ3) is 2.31. The third-order valence-corrected chi connectivity index (χ3v) is 3.91. The summed E-state index contributed by atoms with van der Waals surface area (Å²) in [5.41, 5.74) is -1.00. The van der Waals surface area contributed by atoms with E-state index in [4.69, 9.17) is 0 Å². The molecule has 1 heterocycles. The van der Waals surface area contributed by atoms with Gasteiger partial charge in [-0.25, -0.2) is 9.59 Å². The molecule has 0 aromatic rings. The molecule has 0 aromatic carbocycles. The van der Waals surface area contributed by atoms with Crippen LogP contribution in [0.5, 0.6) is 0 Å². The molecule has 1 unspecified atom stereocenters. The van der Waals surface area contributed by atoms with E-state index in [1.807, 2.05) is 27.7 Å². The van der Waals surface area contributed by atoms with E-state index in [9.17, 15) is 14.7 Å². The van der Waals surface area contributed by atoms with E-state index in [1.54, 1.807) is 9.80 Å². The lowest BCUT2D eigenvalue weighted by atomic mass is 9.93. The minimum absolute atomic E-state index is 0.0893. The number of hydrogen-bond donors (Lipinski definition) is 1. The smallest absolute Gasteiger partial charge is 0.329 e. The van der Waals surface area contributed by atoms with Crippen LogP contribution < -0.4 is 0 Å². The van der Waals surface area contributed by atoms with Gasteiger partial charge in [0.15, 0.2) is 0 Å². The highest BCUT2D eigenvalue weighted by atomic mass is 16.4. The van der Waals surface area contributed by atoms with Gasteiger partial charge in [-0.15, -0.1) is 0 Å². The number of carbonyl (C=O) groups excluding carboxylic acids is 1. The number of amides is 2. The number of urea groups is 1. The standard InChI is InChI=1S/C13H24N2O3/c1-5-13(11(16)17)8-7-9-15(13)12(18)14(6-2)10(3)4/h10H,5-9H2,1-4H3,(H,16,17). The van der Waals surface area contributed by atoms with Crippen molar-refractivity contribution in [3.05, 3.63) is 0 Å². The van der Waals surface area contributed by atoms with Crippen molar-refractivity contribution in [2.45, 2.75) is 58.5 Å². The number of aliphatic carboxylic acids is 1. The Morgan fingerprint density at radius 2 is 2.00 bits per heavy atom. The quantitative estimate of drug-likeness (QED) is 0.838. The Bertz CT molecular complexity index is 330. The van der Waals surface area contributed by atoms with Crippen molar-refractivity contribution < 1.29 is 14.7 Å². The van der Waals surface area contributed by atoms with Crippen molar-refractivity contribution in [1.82, 2.24) is 9.80 Å². The molecule has 0 aromatic heterocycles. The lowest BCUT2D eigenvalue weighted by Crippen LogP contribution is -2.57. The molecule has 0 spiro atoms. The van der Waals surface area contributed by atoms with E-state index < -0.39 is 11.5 Å². The molecule has 1 aliphatic rings. The first-order chi connectivity index (χ1) is 8.40. The van der Waals surface area contributed by atoms with Gasteiger partial charge >= 0.3 is 12.0 Å². The van der Waals surface area contributed by atoms with Gasteiger partial charge in [0.05, 0.1) is 0 Å². The largest absolute Gasteiger partial charge is 0.479 e. The zero-order valence-corrected chi connectivity index (χ0v) is 11.8. The van der Waals surface area contributed by atoms with Gasteiger partial charge in [0.25, 0.3) is 0 Å². The highest BCUT2D eigenvalue weighted by Crippen LogP contribution is 2.33. The number of carboxylic acid groups (broad SMARTS) is 1. The van der Waals surface area contributed by atoms with Gasteiger partial charge in [0.2, 0.25) is 0 Å². The van der Waals surface area contributed by atoms with Crippen LogP contribution in [0.2, 0.25) is 0 Å². The van der Waals surface area contributed by atoms with Crippen molar-refractivity contribution in [3.8, 4) is 0 Å². The summed E-state index contributed by atoms with van der Waals surface area (Å²) in [6, 6.07) is -0.0549. The Morgan fingerprint density at radius 3 is 2.39 bits per heavy atom. The maximum Gasteiger partial charge on any atom is 0.329 e. The summed E-state index contributed by atoms with van der Waals surface area (Å²) in [5, 5.41) is 9.46. The second-order valence-corrected chi connectivity index (χ2v) is 5.11. The summed E-state index contributed by atoms with van der Waals surface area (Å²) in [7, 11) is 0. The molecule has 0 saturated carbocycles. The molecule has 1 aliphatic heterocycles. The van der Waals surface area contributed by atoms with Gasteiger partial charge in [-0.1, -0.05) is 6.92 Å². The zero-order valence-electron chi connectivity index (χ0n) is 11.8. The molecule has 1 atom stereocenters. The zero-order chi connectivity index (χ0) is 13.9. The van der Waals surface area contributed by atoms with Crippen LogP contribution in [0.15, 0.2) is 0 Å². The van der Waals surface area contributed by atoms with Crippen molar-refractivity contribution >= 4 is 12.0 Å². The maximum absolute atomic E-state index is 12.5. The summed E-state index contributed by atoms with van der Waals surface area (Å²) in [5.74, 6) is -0.879. The molecule has 0 aliphatic carbocycles. The van der Waals surface area contributed by atoms with Crippen molar-refractivity contribution in [2.75, 3.05) is 13.1 Å². The fourth-order valence-corrected chi connectivity index (χ4v) is 2.77. The number of carbonyl (C=O) groups is 2. The van der Waals surface area contributed by atoms with Crippen molar-refractivity contribution in [2.24, 2.45) is 0 Å². The normalized spacial score (nSPS) is 23.5. The first kappa shape index (κ1) is 14.8. The van der Waals surface area contributed by atoms with Crippen LogP contribution in [0.1, 0.15) is 47.0 Å². The van der Waals surface area contributed by atoms with Gasteiger partial charge in [0, 0.05) is 19.1 Å². The maximum atomic E-state index is 12.5. The molecule has 1 fully saturated rings. The van der Waals surface area contributed by atoms with Gasteiger partial charge in [0.1, 0.15) is 5.54 Å². The second-order valence-electron chi connectivity index (χ2n) is 5.11. The van der Waals surface area contributed by atoms with E-state index >= 15 is 0 Å². The highest BCUT2D eigenvalue weighted by molar-refractivity contribution is 5.87. The second kappa shape index (κ2) is 5.59. The van der Waals surface area contributed by atoms with E-state index in [0.29, 0.717) is 25.9 Å². The van der Waals surface area contributed by atoms with E-state index in [0.717, 1.165) is 6.42 Å². The fourth-order valence-electron chi connectivity index (χ4n) is 2.77.